The summed E-state index contributed by atoms with van der Waals surface area (Å²) in [6.07, 6.45) is 5.51. The third-order valence-electron chi connectivity index (χ3n) is 0.355. The maximum Gasteiger partial charge on any atom is 0.310 e. The van der Waals surface area contributed by atoms with Gasteiger partial charge in [0.05, 0.1) is 0 Å². The van der Waals surface area contributed by atoms with Gasteiger partial charge in [-0.15, -0.1) is 6.42 Å². The molecule has 0 bridgehead atoms. The second-order valence-corrected chi connectivity index (χ2v) is 0.991. The Hall–Kier alpha value is -1.30. The van der Waals surface area contributed by atoms with Crippen molar-refractivity contribution in [3.8, 4) is 12.3 Å². The summed E-state index contributed by atoms with van der Waals surface area (Å²) in [7, 11) is 0. The van der Waals surface area contributed by atoms with E-state index >= 15 is 0 Å². The zero-order valence-corrected chi connectivity index (χ0v) is 4.16. The van der Waals surface area contributed by atoms with Crippen molar-refractivity contribution in [2.45, 2.75) is 0 Å². The average Bonchev–Trinajstić information content (AvgIpc) is 1.66. The summed E-state index contributed by atoms with van der Waals surface area (Å²) in [6.45, 7) is 0.0463. The Morgan fingerprint density at radius 2 is 2.38 bits per heavy atom. The fraction of sp³-hybridized carbons (Fsp3) is 0.200. The minimum Gasteiger partial charge on any atom is -0.481 e. The third-order valence-corrected chi connectivity index (χ3v) is 0.355. The van der Waals surface area contributed by atoms with E-state index in [0.717, 1.165) is 6.26 Å². The largest absolute Gasteiger partial charge is 0.481 e. The lowest BCUT2D eigenvalue weighted by Crippen LogP contribution is -1.83. The molecule has 0 heterocycles. The summed E-state index contributed by atoms with van der Waals surface area (Å²) in [5.74, 6) is 1.26. The molecule has 2 N–H and O–H groups in total. The molecule has 0 aromatic rings. The summed E-state index contributed by atoms with van der Waals surface area (Å²) in [5, 5.41) is 16.0. The number of aliphatic hydroxyl groups is 2. The molecule has 0 saturated carbocycles. The first kappa shape index (κ1) is 6.70. The van der Waals surface area contributed by atoms with E-state index in [2.05, 4.69) is 10.7 Å². The smallest absolute Gasteiger partial charge is 0.310 e. The van der Waals surface area contributed by atoms with Gasteiger partial charge in [-0.25, -0.2) is 0 Å². The highest BCUT2D eigenvalue weighted by atomic mass is 16.5. The molecule has 0 amide bonds. The highest BCUT2D eigenvalue weighted by molar-refractivity contribution is 4.84. The van der Waals surface area contributed by atoms with Gasteiger partial charge in [-0.3, -0.25) is 0 Å². The number of hydrogen-bond donors (Lipinski definition) is 2. The SMILES string of the molecule is C#CCOC=C(O)O. The van der Waals surface area contributed by atoms with Gasteiger partial charge in [0.2, 0.25) is 0 Å². The fourth-order valence-corrected chi connectivity index (χ4v) is 0.164. The zero-order valence-electron chi connectivity index (χ0n) is 4.16. The molecule has 0 unspecified atom stereocenters. The Morgan fingerprint density at radius 3 is 2.75 bits per heavy atom. The quantitative estimate of drug-likeness (QED) is 0.313. The van der Waals surface area contributed by atoms with Crippen LogP contribution in [0.25, 0.3) is 0 Å². The minimum atomic E-state index is -0.875. The Bertz CT molecular complexity index is 116. The first-order valence-electron chi connectivity index (χ1n) is 1.90. The van der Waals surface area contributed by atoms with Crippen molar-refractivity contribution in [1.29, 1.82) is 0 Å². The molecule has 0 aliphatic carbocycles. The van der Waals surface area contributed by atoms with Crippen molar-refractivity contribution in [2.24, 2.45) is 0 Å². The number of rotatable bonds is 2. The van der Waals surface area contributed by atoms with E-state index in [4.69, 9.17) is 16.6 Å². The molecule has 0 atom stereocenters. The maximum atomic E-state index is 8.00. The van der Waals surface area contributed by atoms with Gasteiger partial charge in [-0.2, -0.15) is 0 Å². The van der Waals surface area contributed by atoms with Crippen LogP contribution in [0.15, 0.2) is 12.2 Å². The van der Waals surface area contributed by atoms with Gasteiger partial charge in [-0.05, 0) is 0 Å². The standard InChI is InChI=1S/C5H6O3/c1-2-3-8-4-5(6)7/h1,4,6-7H,3H2. The minimum absolute atomic E-state index is 0.0463. The van der Waals surface area contributed by atoms with E-state index in [9.17, 15) is 0 Å². The highest BCUT2D eigenvalue weighted by Gasteiger charge is 1.79. The van der Waals surface area contributed by atoms with E-state index < -0.39 is 5.95 Å². The first-order chi connectivity index (χ1) is 3.77. The molecule has 3 nitrogen and oxygen atoms in total. The number of aliphatic hydroxyl groups excluding tert-OH is 1. The third kappa shape index (κ3) is 4.70. The molecule has 3 heteroatoms. The summed E-state index contributed by atoms with van der Waals surface area (Å²) >= 11 is 0. The van der Waals surface area contributed by atoms with Crippen LogP contribution in [0.5, 0.6) is 0 Å². The van der Waals surface area contributed by atoms with Crippen LogP contribution in [-0.2, 0) is 4.74 Å². The second-order valence-electron chi connectivity index (χ2n) is 0.991. The average molecular weight is 114 g/mol. The van der Waals surface area contributed by atoms with Gasteiger partial charge in [0.15, 0.2) is 6.26 Å². The second kappa shape index (κ2) is 3.88. The molecule has 44 valence electrons. The van der Waals surface area contributed by atoms with Crippen molar-refractivity contribution >= 4 is 0 Å². The van der Waals surface area contributed by atoms with Gasteiger partial charge in [0.1, 0.15) is 6.61 Å². The van der Waals surface area contributed by atoms with Crippen molar-refractivity contribution in [1.82, 2.24) is 0 Å². The molecule has 0 rings (SSSR count). The number of hydrogen-bond acceptors (Lipinski definition) is 3. The summed E-state index contributed by atoms with van der Waals surface area (Å²) in [6, 6.07) is 0. The Morgan fingerprint density at radius 1 is 1.75 bits per heavy atom. The van der Waals surface area contributed by atoms with Crippen LogP contribution < -0.4 is 0 Å². The monoisotopic (exact) mass is 114 g/mol. The van der Waals surface area contributed by atoms with E-state index in [1.165, 1.54) is 0 Å². The van der Waals surface area contributed by atoms with Crippen molar-refractivity contribution < 1.29 is 14.9 Å². The number of terminal acetylenes is 1. The highest BCUT2D eigenvalue weighted by Crippen LogP contribution is 1.79. The van der Waals surface area contributed by atoms with Crippen LogP contribution in [0, 0.1) is 12.3 Å². The molecule has 0 aromatic carbocycles. The fourth-order valence-electron chi connectivity index (χ4n) is 0.164. The molecule has 0 fully saturated rings. The molecular formula is C5H6O3. The molecule has 0 radical (unpaired) electrons. The number of ether oxygens (including phenoxy) is 1. The predicted molar refractivity (Wildman–Crippen MR) is 28.1 cm³/mol. The van der Waals surface area contributed by atoms with Crippen LogP contribution in [0.3, 0.4) is 0 Å². The maximum absolute atomic E-state index is 8.00. The molecule has 0 aromatic heterocycles. The lowest BCUT2D eigenvalue weighted by atomic mass is 10.7. The van der Waals surface area contributed by atoms with Gasteiger partial charge in [-0.1, -0.05) is 5.92 Å². The molecule has 0 spiro atoms. The molecule has 0 aliphatic rings. The summed E-state index contributed by atoms with van der Waals surface area (Å²) < 4.78 is 4.35. The molecule has 0 aliphatic heterocycles. The van der Waals surface area contributed by atoms with Crippen LogP contribution in [0.2, 0.25) is 0 Å². The van der Waals surface area contributed by atoms with E-state index in [1.807, 2.05) is 0 Å². The Kier molecular flexibility index (Phi) is 3.25. The zero-order chi connectivity index (χ0) is 6.41. The topological polar surface area (TPSA) is 49.7 Å². The normalized spacial score (nSPS) is 6.88. The van der Waals surface area contributed by atoms with Gasteiger partial charge < -0.3 is 14.9 Å². The molecule has 8 heavy (non-hydrogen) atoms. The van der Waals surface area contributed by atoms with E-state index in [1.54, 1.807) is 0 Å². The predicted octanol–water partition coefficient (Wildman–Crippen LogP) is 0.551. The first-order valence-corrected chi connectivity index (χ1v) is 1.90. The van der Waals surface area contributed by atoms with Crippen molar-refractivity contribution in [2.75, 3.05) is 6.61 Å². The Balaban J connectivity index is 3.20. The van der Waals surface area contributed by atoms with E-state index in [0.29, 0.717) is 0 Å². The van der Waals surface area contributed by atoms with Crippen LogP contribution in [0.1, 0.15) is 0 Å². The van der Waals surface area contributed by atoms with Gasteiger partial charge in [0.25, 0.3) is 0 Å². The van der Waals surface area contributed by atoms with Crippen LogP contribution in [-0.4, -0.2) is 16.8 Å². The van der Waals surface area contributed by atoms with Crippen molar-refractivity contribution in [3.05, 3.63) is 12.2 Å². The van der Waals surface area contributed by atoms with Gasteiger partial charge >= 0.3 is 5.95 Å². The van der Waals surface area contributed by atoms with E-state index in [-0.39, 0.29) is 6.61 Å². The lowest BCUT2D eigenvalue weighted by Gasteiger charge is -1.89. The van der Waals surface area contributed by atoms with Crippen molar-refractivity contribution in [3.63, 3.8) is 0 Å². The Labute approximate surface area is 47.2 Å². The molecular weight excluding hydrogens is 108 g/mol. The van der Waals surface area contributed by atoms with Crippen LogP contribution in [0.4, 0.5) is 0 Å². The molecule has 0 saturated heterocycles. The van der Waals surface area contributed by atoms with Gasteiger partial charge in [0, 0.05) is 0 Å². The lowest BCUT2D eigenvalue weighted by molar-refractivity contribution is 0.156. The summed E-state index contributed by atoms with van der Waals surface area (Å²) in [5.41, 5.74) is 0. The summed E-state index contributed by atoms with van der Waals surface area (Å²) in [4.78, 5) is 0. The van der Waals surface area contributed by atoms with Crippen LogP contribution >= 0.6 is 0 Å².